The third kappa shape index (κ3) is 2.62. The maximum Gasteiger partial charge on any atom is 0.0622 e. The molecule has 1 rings (SSSR count). The van der Waals surface area contributed by atoms with Crippen molar-refractivity contribution < 1.29 is 0 Å². The number of pyridine rings is 1. The predicted octanol–water partition coefficient (Wildman–Crippen LogP) is -1.31. The van der Waals surface area contributed by atoms with Crippen molar-refractivity contribution in [3.8, 4) is 0 Å². The maximum absolute atomic E-state index is 4.04. The fourth-order valence-electron chi connectivity index (χ4n) is 0.448. The van der Waals surface area contributed by atoms with Crippen LogP contribution in [0.5, 0.6) is 0 Å². The van der Waals surface area contributed by atoms with Crippen LogP contribution in [0.1, 0.15) is 0 Å². The average Bonchev–Trinajstić information content (AvgIpc) is 1.69. The average molecular weight is 132 g/mol. The summed E-state index contributed by atoms with van der Waals surface area (Å²) in [5.41, 5.74) is 0. The van der Waals surface area contributed by atoms with Crippen LogP contribution in [0.3, 0.4) is 0 Å². The summed E-state index contributed by atoms with van der Waals surface area (Å²) in [5.74, 6) is 0. The van der Waals surface area contributed by atoms with Crippen molar-refractivity contribution in [2.45, 2.75) is 0 Å². The standard InChI is InChI=1S/C5H7NSi.Na/c7-5-3-1-2-4-6-5;/h1-4H,7H3;. The van der Waals surface area contributed by atoms with E-state index in [1.807, 2.05) is 24.4 Å². The number of hydrogen-bond donors (Lipinski definition) is 0. The quantitative estimate of drug-likeness (QED) is 0.399. The Morgan fingerprint density at radius 2 is 2.12 bits per heavy atom. The van der Waals surface area contributed by atoms with Gasteiger partial charge in [-0.3, -0.25) is 4.98 Å². The van der Waals surface area contributed by atoms with E-state index in [1.54, 1.807) is 0 Å². The summed E-state index contributed by atoms with van der Waals surface area (Å²) in [6.07, 6.45) is 1.82. The van der Waals surface area contributed by atoms with E-state index < -0.39 is 0 Å². The molecule has 0 spiro atoms. The number of aromatic nitrogens is 1. The zero-order valence-corrected chi connectivity index (χ0v) is 9.26. The largest absolute Gasteiger partial charge is 0.267 e. The van der Waals surface area contributed by atoms with Gasteiger partial charge in [0.25, 0.3) is 0 Å². The van der Waals surface area contributed by atoms with Gasteiger partial charge in [-0.05, 0) is 12.1 Å². The van der Waals surface area contributed by atoms with Crippen molar-refractivity contribution in [3.05, 3.63) is 24.4 Å². The maximum atomic E-state index is 4.04. The number of hydrogen-bond acceptors (Lipinski definition) is 1. The first-order valence-corrected chi connectivity index (χ1v) is 3.27. The summed E-state index contributed by atoms with van der Waals surface area (Å²) in [5, 5.41) is 1.21. The molecule has 1 heterocycles. The van der Waals surface area contributed by atoms with E-state index in [2.05, 4.69) is 4.98 Å². The molecule has 1 radical (unpaired) electrons. The van der Waals surface area contributed by atoms with Gasteiger partial charge in [-0.15, -0.1) is 0 Å². The second kappa shape index (κ2) is 4.27. The first kappa shape index (κ1) is 8.37. The zero-order valence-electron chi connectivity index (χ0n) is 5.26. The molecule has 1 nitrogen and oxygen atoms in total. The van der Waals surface area contributed by atoms with E-state index in [1.165, 1.54) is 5.32 Å². The van der Waals surface area contributed by atoms with Crippen LogP contribution < -0.4 is 5.32 Å². The van der Waals surface area contributed by atoms with Crippen molar-refractivity contribution in [1.82, 2.24) is 4.98 Å². The minimum Gasteiger partial charge on any atom is -0.267 e. The molecule has 0 aliphatic heterocycles. The van der Waals surface area contributed by atoms with Crippen molar-refractivity contribution in [3.63, 3.8) is 0 Å². The van der Waals surface area contributed by atoms with Crippen LogP contribution in [-0.4, -0.2) is 44.8 Å². The van der Waals surface area contributed by atoms with Gasteiger partial charge < -0.3 is 0 Å². The summed E-state index contributed by atoms with van der Waals surface area (Å²) in [6, 6.07) is 5.98. The molecular weight excluding hydrogens is 125 g/mol. The summed E-state index contributed by atoms with van der Waals surface area (Å²) < 4.78 is 0. The Bertz CT molecular complexity index is 142. The van der Waals surface area contributed by atoms with E-state index in [-0.39, 0.29) is 29.6 Å². The van der Waals surface area contributed by atoms with Crippen molar-refractivity contribution in [1.29, 1.82) is 0 Å². The summed E-state index contributed by atoms with van der Waals surface area (Å²) >= 11 is 0. The van der Waals surface area contributed by atoms with Gasteiger partial charge in [-0.2, -0.15) is 0 Å². The molecule has 8 heavy (non-hydrogen) atoms. The van der Waals surface area contributed by atoms with Crippen molar-refractivity contribution in [2.75, 3.05) is 0 Å². The van der Waals surface area contributed by atoms with Crippen LogP contribution in [0.2, 0.25) is 0 Å². The number of rotatable bonds is 0. The Hall–Kier alpha value is 0.367. The summed E-state index contributed by atoms with van der Waals surface area (Å²) in [4.78, 5) is 4.04. The van der Waals surface area contributed by atoms with Gasteiger partial charge in [0.2, 0.25) is 0 Å². The molecule has 0 saturated heterocycles. The van der Waals surface area contributed by atoms with E-state index in [4.69, 9.17) is 0 Å². The Kier molecular flexibility index (Phi) is 4.46. The van der Waals surface area contributed by atoms with Crippen LogP contribution in [0.4, 0.5) is 0 Å². The Balaban J connectivity index is 0.000000490. The molecule has 0 atom stereocenters. The first-order valence-electron chi connectivity index (χ1n) is 2.27. The zero-order chi connectivity index (χ0) is 5.11. The van der Waals surface area contributed by atoms with Crippen LogP contribution >= 0.6 is 0 Å². The van der Waals surface area contributed by atoms with Crippen LogP contribution in [-0.2, 0) is 0 Å². The fourth-order valence-corrected chi connectivity index (χ4v) is 0.790. The van der Waals surface area contributed by atoms with Crippen LogP contribution in [0.15, 0.2) is 24.4 Å². The summed E-state index contributed by atoms with van der Waals surface area (Å²) in [7, 11) is 1.06. The van der Waals surface area contributed by atoms with E-state index in [9.17, 15) is 0 Å². The van der Waals surface area contributed by atoms with Gasteiger partial charge in [-0.1, -0.05) is 6.07 Å². The van der Waals surface area contributed by atoms with Gasteiger partial charge in [0.15, 0.2) is 0 Å². The molecule has 0 amide bonds. The fraction of sp³-hybridized carbons (Fsp3) is 0. The van der Waals surface area contributed by atoms with Crippen molar-refractivity contribution >= 4 is 45.1 Å². The summed E-state index contributed by atoms with van der Waals surface area (Å²) in [6.45, 7) is 0. The van der Waals surface area contributed by atoms with Gasteiger partial charge in [-0.25, -0.2) is 0 Å². The Morgan fingerprint density at radius 1 is 1.38 bits per heavy atom. The smallest absolute Gasteiger partial charge is 0.0622 e. The van der Waals surface area contributed by atoms with Gasteiger partial charge in [0.1, 0.15) is 0 Å². The molecule has 0 unspecified atom stereocenters. The molecule has 0 N–H and O–H groups in total. The molecule has 0 saturated carbocycles. The monoisotopic (exact) mass is 132 g/mol. The second-order valence-electron chi connectivity index (χ2n) is 1.47. The van der Waals surface area contributed by atoms with Gasteiger partial charge in [0, 0.05) is 41.1 Å². The van der Waals surface area contributed by atoms with E-state index in [0.717, 1.165) is 10.2 Å². The molecule has 0 bridgehead atoms. The number of nitrogens with zero attached hydrogens (tertiary/aromatic N) is 1. The molecule has 3 heteroatoms. The SMILES string of the molecule is [Na].[SiH3]c1ccccn1. The Labute approximate surface area is 74.2 Å². The van der Waals surface area contributed by atoms with Gasteiger partial charge >= 0.3 is 0 Å². The van der Waals surface area contributed by atoms with Gasteiger partial charge in [0.05, 0.1) is 10.2 Å². The second-order valence-corrected chi connectivity index (χ2v) is 2.50. The molecule has 37 valence electrons. The minimum atomic E-state index is 0. The third-order valence-electron chi connectivity index (χ3n) is 0.813. The van der Waals surface area contributed by atoms with Crippen LogP contribution in [0, 0.1) is 0 Å². The van der Waals surface area contributed by atoms with E-state index >= 15 is 0 Å². The van der Waals surface area contributed by atoms with Crippen molar-refractivity contribution in [2.24, 2.45) is 0 Å². The first-order chi connectivity index (χ1) is 3.39. The topological polar surface area (TPSA) is 12.9 Å². The molecule has 1 aromatic rings. The molecular formula is C5H7NNaSi. The van der Waals surface area contributed by atoms with E-state index in [0.29, 0.717) is 0 Å². The molecule has 0 aromatic carbocycles. The molecule has 0 aliphatic rings. The molecule has 1 aromatic heterocycles. The minimum absolute atomic E-state index is 0. The normalized spacial score (nSPS) is 8.00. The Morgan fingerprint density at radius 3 is 2.38 bits per heavy atom. The molecule has 0 fully saturated rings. The van der Waals surface area contributed by atoms with Crippen LogP contribution in [0.25, 0.3) is 0 Å². The third-order valence-corrected chi connectivity index (χ3v) is 1.40. The molecule has 0 aliphatic carbocycles. The predicted molar refractivity (Wildman–Crippen MR) is 39.6 cm³/mol.